The monoisotopic (exact) mass is 502 g/mol. The van der Waals surface area contributed by atoms with E-state index in [1.54, 1.807) is 0 Å². The third kappa shape index (κ3) is 3.38. The van der Waals surface area contributed by atoms with Crippen LogP contribution in [-0.4, -0.2) is 29.6 Å². The maximum atomic E-state index is 10.3. The Morgan fingerprint density at radius 3 is 2.39 bits per heavy atom. The molecule has 8 heteroatoms. The Morgan fingerprint density at radius 2 is 1.83 bits per heavy atom. The number of hydrogen-bond acceptors (Lipinski definition) is 4. The standard InChI is InChI=1S/C10H6Br4N2O2/c11-7-1-8(12)10(14,3-16-5-18)6(9(7)13)2-15-4-17/h1,6H,2-3H2. The molecular formula is C10H6Br4N2O2. The first kappa shape index (κ1) is 16.2. The number of rotatable bonds is 4. The van der Waals surface area contributed by atoms with E-state index >= 15 is 0 Å². The first-order valence-corrected chi connectivity index (χ1v) is 7.83. The van der Waals surface area contributed by atoms with E-state index in [2.05, 4.69) is 73.7 Å². The van der Waals surface area contributed by atoms with Gasteiger partial charge in [-0.1, -0.05) is 47.8 Å². The van der Waals surface area contributed by atoms with E-state index in [-0.39, 0.29) is 19.0 Å². The molecule has 0 saturated heterocycles. The average molecular weight is 506 g/mol. The van der Waals surface area contributed by atoms with Gasteiger partial charge in [-0.25, -0.2) is 19.6 Å². The summed E-state index contributed by atoms with van der Waals surface area (Å²) in [5.74, 6) is -0.190. The molecule has 0 aliphatic heterocycles. The molecule has 0 aromatic heterocycles. The highest BCUT2D eigenvalue weighted by atomic mass is 79.9. The van der Waals surface area contributed by atoms with Gasteiger partial charge in [-0.3, -0.25) is 0 Å². The Hall–Kier alpha value is 0.160. The van der Waals surface area contributed by atoms with Crippen molar-refractivity contribution >= 4 is 75.9 Å². The zero-order chi connectivity index (χ0) is 13.8. The predicted octanol–water partition coefficient (Wildman–Crippen LogP) is 3.70. The molecule has 1 rings (SSSR count). The summed E-state index contributed by atoms with van der Waals surface area (Å²) >= 11 is 13.9. The summed E-state index contributed by atoms with van der Waals surface area (Å²) in [6.45, 7) is 0.407. The normalized spacial score (nSPS) is 27.1. The largest absolute Gasteiger partial charge is 0.235 e. The molecule has 18 heavy (non-hydrogen) atoms. The van der Waals surface area contributed by atoms with Crippen LogP contribution in [-0.2, 0) is 9.59 Å². The summed E-state index contributed by atoms with van der Waals surface area (Å²) in [7, 11) is 0. The van der Waals surface area contributed by atoms with Crippen LogP contribution < -0.4 is 0 Å². The van der Waals surface area contributed by atoms with E-state index in [1.807, 2.05) is 6.08 Å². The van der Waals surface area contributed by atoms with Gasteiger partial charge in [0, 0.05) is 19.4 Å². The lowest BCUT2D eigenvalue weighted by atomic mass is 9.88. The van der Waals surface area contributed by atoms with Gasteiger partial charge in [0.05, 0.1) is 17.4 Å². The lowest BCUT2D eigenvalue weighted by Gasteiger charge is -2.36. The SMILES string of the molecule is O=C=NCC1C(Br)=C(Br)C=C(Br)C1(Br)CN=C=O. The number of hydrogen-bond donors (Lipinski definition) is 0. The number of allylic oxidation sites excluding steroid dienone is 2. The van der Waals surface area contributed by atoms with E-state index < -0.39 is 4.32 Å². The summed E-state index contributed by atoms with van der Waals surface area (Å²) in [6.07, 6.45) is 4.87. The molecule has 0 aromatic carbocycles. The maximum absolute atomic E-state index is 10.3. The van der Waals surface area contributed by atoms with Gasteiger partial charge < -0.3 is 0 Å². The second kappa shape index (κ2) is 7.08. The number of isocyanates is 2. The fraction of sp³-hybridized carbons (Fsp3) is 0.400. The van der Waals surface area contributed by atoms with Gasteiger partial charge in [0.1, 0.15) is 0 Å². The van der Waals surface area contributed by atoms with Crippen LogP contribution in [0.15, 0.2) is 29.5 Å². The highest BCUT2D eigenvalue weighted by molar-refractivity contribution is 9.15. The van der Waals surface area contributed by atoms with Crippen molar-refractivity contribution in [3.05, 3.63) is 19.5 Å². The van der Waals surface area contributed by atoms with Gasteiger partial charge in [0.15, 0.2) is 0 Å². The van der Waals surface area contributed by atoms with E-state index in [0.29, 0.717) is 0 Å². The quantitative estimate of drug-likeness (QED) is 0.332. The van der Waals surface area contributed by atoms with Crippen molar-refractivity contribution in [2.24, 2.45) is 15.9 Å². The first-order valence-electron chi connectivity index (χ1n) is 4.66. The van der Waals surface area contributed by atoms with Crippen LogP contribution in [0.3, 0.4) is 0 Å². The second-order valence-electron chi connectivity index (χ2n) is 3.44. The summed E-state index contributed by atoms with van der Waals surface area (Å²) in [4.78, 5) is 27.8. The molecule has 2 atom stereocenters. The van der Waals surface area contributed by atoms with E-state index in [4.69, 9.17) is 0 Å². The van der Waals surface area contributed by atoms with Crippen molar-refractivity contribution in [2.75, 3.05) is 13.1 Å². The van der Waals surface area contributed by atoms with Crippen LogP contribution in [0.25, 0.3) is 0 Å². The molecule has 0 fully saturated rings. The van der Waals surface area contributed by atoms with Crippen LogP contribution in [0.4, 0.5) is 0 Å². The van der Waals surface area contributed by atoms with Gasteiger partial charge >= 0.3 is 0 Å². The highest BCUT2D eigenvalue weighted by Gasteiger charge is 2.43. The fourth-order valence-corrected chi connectivity index (χ4v) is 4.53. The summed E-state index contributed by atoms with van der Waals surface area (Å²) in [6, 6.07) is 0. The molecule has 0 radical (unpaired) electrons. The minimum absolute atomic E-state index is 0.183. The van der Waals surface area contributed by atoms with Crippen LogP contribution in [0, 0.1) is 5.92 Å². The van der Waals surface area contributed by atoms with Crippen molar-refractivity contribution < 1.29 is 9.59 Å². The Kier molecular flexibility index (Phi) is 6.38. The number of carbonyl (C=O) groups excluding carboxylic acids is 2. The molecule has 0 amide bonds. The molecule has 0 spiro atoms. The number of alkyl halides is 1. The minimum Gasteiger partial charge on any atom is -0.211 e. The first-order chi connectivity index (χ1) is 8.47. The van der Waals surface area contributed by atoms with Crippen LogP contribution in [0.2, 0.25) is 0 Å². The minimum atomic E-state index is -0.638. The highest BCUT2D eigenvalue weighted by Crippen LogP contribution is 2.50. The van der Waals surface area contributed by atoms with E-state index in [0.717, 1.165) is 13.4 Å². The van der Waals surface area contributed by atoms with E-state index in [9.17, 15) is 9.59 Å². The molecule has 2 unspecified atom stereocenters. The smallest absolute Gasteiger partial charge is 0.211 e. The van der Waals surface area contributed by atoms with Gasteiger partial charge in [-0.2, -0.15) is 0 Å². The van der Waals surface area contributed by atoms with Gasteiger partial charge in [0.2, 0.25) is 12.2 Å². The maximum Gasteiger partial charge on any atom is 0.235 e. The molecule has 4 nitrogen and oxygen atoms in total. The molecule has 96 valence electrons. The summed E-state index contributed by atoms with van der Waals surface area (Å²) < 4.78 is 1.84. The Balaban J connectivity index is 3.23. The topological polar surface area (TPSA) is 58.9 Å². The van der Waals surface area contributed by atoms with Gasteiger partial charge in [0.25, 0.3) is 0 Å². The van der Waals surface area contributed by atoms with Crippen LogP contribution in [0.1, 0.15) is 0 Å². The fourth-order valence-electron chi connectivity index (χ4n) is 1.52. The zero-order valence-electron chi connectivity index (χ0n) is 8.79. The molecule has 1 aliphatic rings. The Labute approximate surface area is 137 Å². The molecule has 1 aliphatic carbocycles. The van der Waals surface area contributed by atoms with Gasteiger partial charge in [-0.05, 0) is 22.0 Å². The van der Waals surface area contributed by atoms with Crippen molar-refractivity contribution in [2.45, 2.75) is 4.32 Å². The van der Waals surface area contributed by atoms with Crippen molar-refractivity contribution in [3.63, 3.8) is 0 Å². The predicted molar refractivity (Wildman–Crippen MR) is 83.0 cm³/mol. The molecule has 0 heterocycles. The van der Waals surface area contributed by atoms with Crippen LogP contribution >= 0.6 is 63.7 Å². The lowest BCUT2D eigenvalue weighted by Crippen LogP contribution is -2.39. The molecule has 0 saturated carbocycles. The summed E-state index contributed by atoms with van der Waals surface area (Å²) in [5.41, 5.74) is 0. The summed E-state index contributed by atoms with van der Waals surface area (Å²) in [5, 5.41) is 0. The van der Waals surface area contributed by atoms with Crippen molar-refractivity contribution in [1.29, 1.82) is 0 Å². The Morgan fingerprint density at radius 1 is 1.22 bits per heavy atom. The number of nitrogens with zero attached hydrogens (tertiary/aromatic N) is 2. The van der Waals surface area contributed by atoms with Crippen molar-refractivity contribution in [1.82, 2.24) is 0 Å². The van der Waals surface area contributed by atoms with Crippen molar-refractivity contribution in [3.8, 4) is 0 Å². The third-order valence-electron chi connectivity index (χ3n) is 2.45. The lowest BCUT2D eigenvalue weighted by molar-refractivity contribution is 0.516. The number of aliphatic imine (C=N–C) groups is 2. The molecular weight excluding hydrogens is 500 g/mol. The number of halogens is 4. The third-order valence-corrected chi connectivity index (χ3v) is 7.32. The van der Waals surface area contributed by atoms with E-state index in [1.165, 1.54) is 12.2 Å². The molecule has 0 aromatic rings. The zero-order valence-corrected chi connectivity index (χ0v) is 15.1. The second-order valence-corrected chi connectivity index (χ2v) is 7.42. The average Bonchev–Trinajstić information content (AvgIpc) is 2.34. The molecule has 0 bridgehead atoms. The van der Waals surface area contributed by atoms with Gasteiger partial charge in [-0.15, -0.1) is 0 Å². The molecule has 0 N–H and O–H groups in total. The van der Waals surface area contributed by atoms with Crippen LogP contribution in [0.5, 0.6) is 0 Å². The Bertz CT molecular complexity index is 504.